The number of anilines is 1. The Hall–Kier alpha value is -2.14. The highest BCUT2D eigenvalue weighted by Gasteiger charge is 2.27. The van der Waals surface area contributed by atoms with Gasteiger partial charge < -0.3 is 15.4 Å². The third kappa shape index (κ3) is 5.41. The maximum Gasteiger partial charge on any atom is 0.149 e. The Morgan fingerprint density at radius 1 is 1.06 bits per heavy atom. The molecule has 5 heterocycles. The Balaban J connectivity index is 1.14. The zero-order chi connectivity index (χ0) is 24.3. The first kappa shape index (κ1) is 24.2. The Kier molecular flexibility index (Phi) is 7.45. The lowest BCUT2D eigenvalue weighted by atomic mass is 9.90. The van der Waals surface area contributed by atoms with Crippen LogP contribution in [0.15, 0.2) is 12.4 Å². The second kappa shape index (κ2) is 11.1. The van der Waals surface area contributed by atoms with Crippen molar-refractivity contribution in [3.63, 3.8) is 0 Å². The van der Waals surface area contributed by atoms with Crippen LogP contribution >= 0.6 is 11.5 Å². The first-order valence-corrected chi connectivity index (χ1v) is 14.5. The molecular formula is C26H38N8OS. The molecule has 2 saturated heterocycles. The van der Waals surface area contributed by atoms with E-state index in [1.54, 1.807) is 0 Å². The summed E-state index contributed by atoms with van der Waals surface area (Å²) >= 11 is 1.48. The van der Waals surface area contributed by atoms with E-state index in [2.05, 4.69) is 42.8 Å². The van der Waals surface area contributed by atoms with Gasteiger partial charge in [-0.2, -0.15) is 9.47 Å². The normalized spacial score (nSPS) is 24.7. The summed E-state index contributed by atoms with van der Waals surface area (Å²) in [6, 6.07) is 1.60. The monoisotopic (exact) mass is 510 g/mol. The smallest absolute Gasteiger partial charge is 0.149 e. The third-order valence-electron chi connectivity index (χ3n) is 8.06. The van der Waals surface area contributed by atoms with Gasteiger partial charge in [-0.1, -0.05) is 0 Å². The molecule has 1 aliphatic carbocycles. The van der Waals surface area contributed by atoms with Gasteiger partial charge in [-0.3, -0.25) is 9.58 Å². The minimum Gasteiger partial charge on any atom is -0.381 e. The van der Waals surface area contributed by atoms with Gasteiger partial charge in [-0.05, 0) is 82.1 Å². The fourth-order valence-corrected chi connectivity index (χ4v) is 6.82. The second-order valence-electron chi connectivity index (χ2n) is 10.6. The molecule has 3 aliphatic rings. The highest BCUT2D eigenvalue weighted by molar-refractivity contribution is 7.13. The summed E-state index contributed by atoms with van der Waals surface area (Å²) in [6.07, 6.45) is 13.0. The molecule has 0 aromatic carbocycles. The fraction of sp³-hybridized carbons (Fsp3) is 0.692. The number of rotatable bonds is 6. The zero-order valence-corrected chi connectivity index (χ0v) is 22.1. The van der Waals surface area contributed by atoms with Crippen molar-refractivity contribution >= 4 is 27.6 Å². The average molecular weight is 511 g/mol. The van der Waals surface area contributed by atoms with Gasteiger partial charge in [0.2, 0.25) is 0 Å². The van der Waals surface area contributed by atoms with E-state index in [9.17, 15) is 0 Å². The summed E-state index contributed by atoms with van der Waals surface area (Å²) in [7, 11) is 0. The topological polar surface area (TPSA) is 93.0 Å². The fourth-order valence-electron chi connectivity index (χ4n) is 6.03. The zero-order valence-electron chi connectivity index (χ0n) is 21.3. The molecule has 194 valence electrons. The summed E-state index contributed by atoms with van der Waals surface area (Å²) in [6.45, 7) is 8.39. The SMILES string of the molecule is Cc1nsc2nc(Cc3cnn(C4CCOCC4)c3)nc(NC3CCC(N4CCCNCC4)CC3)c12. The summed E-state index contributed by atoms with van der Waals surface area (Å²) in [4.78, 5) is 13.6. The van der Waals surface area contributed by atoms with E-state index in [1.165, 1.54) is 56.7 Å². The van der Waals surface area contributed by atoms with Crippen LogP contribution in [0.3, 0.4) is 0 Å². The van der Waals surface area contributed by atoms with Crippen molar-refractivity contribution in [3.8, 4) is 0 Å². The molecule has 1 saturated carbocycles. The number of aryl methyl sites for hydroxylation is 1. The molecule has 10 heteroatoms. The standard InChI is InChI=1S/C26H38N8OS/c1-18-24-25(29-20-3-5-21(6-4-20)33-11-2-9-27-10-12-33)30-23(31-26(24)36-32-18)15-19-16-28-34(17-19)22-7-13-35-14-8-22/h16-17,20-22,27H,2-15H2,1H3,(H,29,30,31). The van der Waals surface area contributed by atoms with Crippen molar-refractivity contribution in [2.24, 2.45) is 0 Å². The van der Waals surface area contributed by atoms with Crippen molar-refractivity contribution in [3.05, 3.63) is 29.5 Å². The van der Waals surface area contributed by atoms with Crippen LogP contribution in [0.1, 0.15) is 68.1 Å². The van der Waals surface area contributed by atoms with E-state index < -0.39 is 0 Å². The molecular weight excluding hydrogens is 472 g/mol. The van der Waals surface area contributed by atoms with E-state index in [0.29, 0.717) is 18.5 Å². The first-order chi connectivity index (χ1) is 17.7. The number of hydrogen-bond acceptors (Lipinski definition) is 9. The van der Waals surface area contributed by atoms with Crippen LogP contribution in [0.4, 0.5) is 5.82 Å². The van der Waals surface area contributed by atoms with E-state index in [-0.39, 0.29) is 0 Å². The van der Waals surface area contributed by atoms with Gasteiger partial charge in [-0.25, -0.2) is 9.97 Å². The number of aromatic nitrogens is 5. The van der Waals surface area contributed by atoms with Gasteiger partial charge in [0.15, 0.2) is 0 Å². The summed E-state index contributed by atoms with van der Waals surface area (Å²) in [5.41, 5.74) is 2.17. The van der Waals surface area contributed by atoms with Crippen molar-refractivity contribution in [2.75, 3.05) is 44.7 Å². The molecule has 2 aliphatic heterocycles. The summed E-state index contributed by atoms with van der Waals surface area (Å²) < 4.78 is 12.2. The number of hydrogen-bond donors (Lipinski definition) is 2. The van der Waals surface area contributed by atoms with Crippen LogP contribution in [0.2, 0.25) is 0 Å². The number of fused-ring (bicyclic) bond motifs is 1. The van der Waals surface area contributed by atoms with Crippen LogP contribution in [0.25, 0.3) is 10.2 Å². The van der Waals surface area contributed by atoms with Crippen molar-refractivity contribution in [1.29, 1.82) is 0 Å². The van der Waals surface area contributed by atoms with E-state index >= 15 is 0 Å². The van der Waals surface area contributed by atoms with Crippen molar-refractivity contribution in [1.82, 2.24) is 34.3 Å². The number of nitrogens with zero attached hydrogens (tertiary/aromatic N) is 6. The highest BCUT2D eigenvalue weighted by atomic mass is 32.1. The highest BCUT2D eigenvalue weighted by Crippen LogP contribution is 2.31. The molecule has 0 atom stereocenters. The largest absolute Gasteiger partial charge is 0.381 e. The Bertz CT molecular complexity index is 1140. The van der Waals surface area contributed by atoms with Crippen LogP contribution in [-0.4, -0.2) is 80.5 Å². The molecule has 0 spiro atoms. The predicted molar refractivity (Wildman–Crippen MR) is 143 cm³/mol. The van der Waals surface area contributed by atoms with E-state index in [0.717, 1.165) is 78.3 Å². The van der Waals surface area contributed by atoms with Crippen LogP contribution in [0.5, 0.6) is 0 Å². The van der Waals surface area contributed by atoms with Gasteiger partial charge >= 0.3 is 0 Å². The average Bonchev–Trinajstić information content (AvgIpc) is 3.42. The van der Waals surface area contributed by atoms with Crippen molar-refractivity contribution < 1.29 is 4.74 Å². The van der Waals surface area contributed by atoms with E-state index in [1.807, 2.05) is 6.20 Å². The van der Waals surface area contributed by atoms with Gasteiger partial charge in [0.05, 0.1) is 23.3 Å². The lowest BCUT2D eigenvalue weighted by Gasteiger charge is -2.36. The van der Waals surface area contributed by atoms with Gasteiger partial charge in [0.25, 0.3) is 0 Å². The predicted octanol–water partition coefficient (Wildman–Crippen LogP) is 3.55. The minimum absolute atomic E-state index is 0.429. The number of nitrogens with one attached hydrogen (secondary N) is 2. The molecule has 0 amide bonds. The molecule has 3 aromatic rings. The van der Waals surface area contributed by atoms with Crippen LogP contribution < -0.4 is 10.6 Å². The van der Waals surface area contributed by atoms with Crippen LogP contribution in [0, 0.1) is 6.92 Å². The van der Waals surface area contributed by atoms with Gasteiger partial charge in [0.1, 0.15) is 16.5 Å². The van der Waals surface area contributed by atoms with Gasteiger partial charge in [0, 0.05) is 51.0 Å². The van der Waals surface area contributed by atoms with Crippen LogP contribution in [-0.2, 0) is 11.2 Å². The molecule has 0 bridgehead atoms. The van der Waals surface area contributed by atoms with Crippen molar-refractivity contribution in [2.45, 2.75) is 76.4 Å². The second-order valence-corrected chi connectivity index (χ2v) is 11.3. The molecule has 0 unspecified atom stereocenters. The molecule has 3 aromatic heterocycles. The minimum atomic E-state index is 0.429. The Morgan fingerprint density at radius 2 is 1.92 bits per heavy atom. The quantitative estimate of drug-likeness (QED) is 0.520. The third-order valence-corrected chi connectivity index (χ3v) is 8.90. The molecule has 0 radical (unpaired) electrons. The lowest BCUT2D eigenvalue weighted by molar-refractivity contribution is 0.0662. The molecule has 6 rings (SSSR count). The number of ether oxygens (including phenoxy) is 1. The Labute approximate surface area is 217 Å². The molecule has 36 heavy (non-hydrogen) atoms. The molecule has 3 fully saturated rings. The maximum atomic E-state index is 5.51. The summed E-state index contributed by atoms with van der Waals surface area (Å²) in [5.74, 6) is 1.80. The Morgan fingerprint density at radius 3 is 2.78 bits per heavy atom. The summed E-state index contributed by atoms with van der Waals surface area (Å²) in [5, 5.41) is 13.1. The lowest BCUT2D eigenvalue weighted by Crippen LogP contribution is -2.42. The first-order valence-electron chi connectivity index (χ1n) is 13.7. The van der Waals surface area contributed by atoms with Gasteiger partial charge in [-0.15, -0.1) is 0 Å². The maximum absolute atomic E-state index is 5.51. The van der Waals surface area contributed by atoms with E-state index in [4.69, 9.17) is 14.7 Å². The molecule has 2 N–H and O–H groups in total. The molecule has 9 nitrogen and oxygen atoms in total.